The van der Waals surface area contributed by atoms with E-state index in [0.29, 0.717) is 0 Å². The summed E-state index contributed by atoms with van der Waals surface area (Å²) in [4.78, 5) is 14.9. The summed E-state index contributed by atoms with van der Waals surface area (Å²) in [6.07, 6.45) is 1.77. The number of carbonyl (C=O) groups is 1. The van der Waals surface area contributed by atoms with Crippen LogP contribution in [0.5, 0.6) is 5.75 Å². The minimum atomic E-state index is -4.98. The zero-order chi connectivity index (χ0) is 19.3. The molecule has 1 aromatic heterocycles. The van der Waals surface area contributed by atoms with Gasteiger partial charge in [-0.1, -0.05) is 6.07 Å². The van der Waals surface area contributed by atoms with E-state index in [2.05, 4.69) is 10.3 Å². The smallest absolute Gasteiger partial charge is 0.0722 e. The average molecular weight is 419 g/mol. The number of fused-ring (bicyclic) bond motifs is 1. The second kappa shape index (κ2) is 8.05. The number of nitrogens with one attached hydrogen (secondary N) is 1. The number of rotatable bonds is 2. The second-order valence-electron chi connectivity index (χ2n) is 5.34. The zero-order valence-corrected chi connectivity index (χ0v) is 15.7. The molecule has 1 heterocycles. The van der Waals surface area contributed by atoms with Gasteiger partial charge in [-0.05, 0) is 24.3 Å². The summed E-state index contributed by atoms with van der Waals surface area (Å²) < 4.78 is 28.6. The molecule has 3 aromatic rings. The fourth-order valence-corrected chi connectivity index (χ4v) is 3.31. The molecule has 1 amide bonds. The molecule has 3 rings (SSSR count). The Hall–Kier alpha value is -2.80. The van der Waals surface area contributed by atoms with E-state index in [4.69, 9.17) is 13.9 Å². The SMILES string of the molecule is CC(=O)Nc1cc([As](=O)(O)O)ccc1O.Nc1cccc2ncccc12. The van der Waals surface area contributed by atoms with Crippen molar-refractivity contribution in [3.8, 4) is 5.75 Å². The minimum Gasteiger partial charge on any atom is -0.398 e. The van der Waals surface area contributed by atoms with Gasteiger partial charge in [0.1, 0.15) is 0 Å². The fraction of sp³-hybridized carbons (Fsp3) is 0.0588. The number of amides is 1. The topological polar surface area (TPSA) is 146 Å². The monoisotopic (exact) mass is 419 g/mol. The van der Waals surface area contributed by atoms with Gasteiger partial charge in [0.05, 0.1) is 5.52 Å². The number of phenols is 1. The number of nitrogens with zero attached hydrogens (tertiary/aromatic N) is 1. The summed E-state index contributed by atoms with van der Waals surface area (Å²) in [5.74, 6) is -0.668. The van der Waals surface area contributed by atoms with Crippen molar-refractivity contribution in [2.24, 2.45) is 0 Å². The normalized spacial score (nSPS) is 10.7. The Bertz CT molecular complexity index is 982. The number of anilines is 2. The molecule has 0 aliphatic heterocycles. The molecule has 9 heteroatoms. The molecule has 0 fully saturated rings. The number of nitrogens with two attached hydrogens (primary N) is 1. The first-order chi connectivity index (χ1) is 12.2. The van der Waals surface area contributed by atoms with Gasteiger partial charge in [0.2, 0.25) is 0 Å². The number of hydrogen-bond acceptors (Lipinski definition) is 5. The number of pyridine rings is 1. The Kier molecular flexibility index (Phi) is 6.05. The summed E-state index contributed by atoms with van der Waals surface area (Å²) >= 11 is -4.98. The van der Waals surface area contributed by atoms with Gasteiger partial charge in [-0.2, -0.15) is 0 Å². The molecule has 0 saturated carbocycles. The van der Waals surface area contributed by atoms with Gasteiger partial charge in [-0.25, -0.2) is 0 Å². The van der Waals surface area contributed by atoms with Crippen LogP contribution in [0.25, 0.3) is 10.9 Å². The molecule has 0 atom stereocenters. The quantitative estimate of drug-likeness (QED) is 0.234. The Balaban J connectivity index is 0.000000195. The molecule has 6 N–H and O–H groups in total. The van der Waals surface area contributed by atoms with E-state index in [-0.39, 0.29) is 15.8 Å². The van der Waals surface area contributed by atoms with Crippen molar-refractivity contribution in [2.45, 2.75) is 6.92 Å². The first-order valence-corrected chi connectivity index (χ1v) is 10.8. The third-order valence-corrected chi connectivity index (χ3v) is 5.30. The number of benzene rings is 2. The Morgan fingerprint density at radius 2 is 1.88 bits per heavy atom. The number of hydrogen-bond donors (Lipinski definition) is 5. The Morgan fingerprint density at radius 3 is 2.50 bits per heavy atom. The van der Waals surface area contributed by atoms with Crippen LogP contribution < -0.4 is 15.4 Å². The van der Waals surface area contributed by atoms with Gasteiger partial charge in [0.15, 0.2) is 0 Å². The standard InChI is InChI=1S/C9H8N2.C8H10AsNO5/c10-8-4-1-5-9-7(8)3-2-6-11-9;1-5(11)10-7-4-6(9(13,14)15)2-3-8(7)12/h1-6H,10H2;2-4,12H,1H3,(H,10,11)(H2,13,14,15). The molecule has 8 nitrogen and oxygen atoms in total. The van der Waals surface area contributed by atoms with Crippen molar-refractivity contribution in [3.05, 3.63) is 54.7 Å². The van der Waals surface area contributed by atoms with Gasteiger partial charge in [-0.3, -0.25) is 4.98 Å². The van der Waals surface area contributed by atoms with Crippen molar-refractivity contribution in [1.82, 2.24) is 4.98 Å². The third-order valence-electron chi connectivity index (χ3n) is 3.31. The Morgan fingerprint density at radius 1 is 1.15 bits per heavy atom. The van der Waals surface area contributed by atoms with Crippen LogP contribution in [0.4, 0.5) is 11.4 Å². The number of aromatic nitrogens is 1. The van der Waals surface area contributed by atoms with E-state index in [1.807, 2.05) is 30.3 Å². The molecule has 0 radical (unpaired) electrons. The summed E-state index contributed by atoms with van der Waals surface area (Å²) in [6, 6.07) is 12.9. The maximum atomic E-state index is 10.9. The van der Waals surface area contributed by atoms with Crippen LogP contribution in [-0.2, 0) is 8.53 Å². The van der Waals surface area contributed by atoms with Crippen molar-refractivity contribution in [2.75, 3.05) is 11.1 Å². The van der Waals surface area contributed by atoms with E-state index in [1.165, 1.54) is 6.92 Å². The molecule has 0 spiro atoms. The molecule has 2 aromatic carbocycles. The minimum absolute atomic E-state index is 0.00951. The zero-order valence-electron chi connectivity index (χ0n) is 13.8. The van der Waals surface area contributed by atoms with E-state index >= 15 is 0 Å². The first kappa shape index (κ1) is 19.5. The maximum Gasteiger partial charge on any atom is 0.0722 e. The van der Waals surface area contributed by atoms with E-state index in [0.717, 1.165) is 34.8 Å². The molecule has 0 unspecified atom stereocenters. The van der Waals surface area contributed by atoms with E-state index < -0.39 is 20.1 Å². The predicted octanol–water partition coefficient (Wildman–Crippen LogP) is 0.729. The summed E-state index contributed by atoms with van der Waals surface area (Å²) in [5.41, 5.74) is 7.45. The van der Waals surface area contributed by atoms with Gasteiger partial charge < -0.3 is 5.73 Å². The molecular formula is C17H18AsN3O5. The number of aromatic hydroxyl groups is 1. The van der Waals surface area contributed by atoms with Gasteiger partial charge in [-0.15, -0.1) is 0 Å². The van der Waals surface area contributed by atoms with Crippen molar-refractivity contribution in [1.29, 1.82) is 0 Å². The van der Waals surface area contributed by atoms with Crippen LogP contribution >= 0.6 is 0 Å². The van der Waals surface area contributed by atoms with Crippen LogP contribution in [0, 0.1) is 0 Å². The second-order valence-corrected chi connectivity index (χ2v) is 8.71. The first-order valence-electron chi connectivity index (χ1n) is 7.44. The molecule has 0 aliphatic rings. The van der Waals surface area contributed by atoms with Crippen LogP contribution in [0.15, 0.2) is 54.7 Å². The molecule has 136 valence electrons. The van der Waals surface area contributed by atoms with Crippen molar-refractivity contribution >= 4 is 46.7 Å². The molecule has 0 saturated heterocycles. The number of phenolic OH excluding ortho intramolecular Hbond substituents is 1. The maximum absolute atomic E-state index is 10.9. The van der Waals surface area contributed by atoms with Crippen molar-refractivity contribution < 1.29 is 21.8 Å². The molecular weight excluding hydrogens is 401 g/mol. The van der Waals surface area contributed by atoms with Crippen LogP contribution in [-0.4, -0.2) is 38.4 Å². The van der Waals surface area contributed by atoms with Crippen LogP contribution in [0.1, 0.15) is 6.92 Å². The molecule has 26 heavy (non-hydrogen) atoms. The van der Waals surface area contributed by atoms with Crippen LogP contribution in [0.3, 0.4) is 0 Å². The van der Waals surface area contributed by atoms with Crippen LogP contribution in [0.2, 0.25) is 0 Å². The fourth-order valence-electron chi connectivity index (χ4n) is 2.12. The third kappa shape index (κ3) is 5.10. The number of nitrogen functional groups attached to an aromatic ring is 1. The summed E-state index contributed by atoms with van der Waals surface area (Å²) in [5, 5.41) is 12.6. The molecule has 0 aliphatic carbocycles. The van der Waals surface area contributed by atoms with Gasteiger partial charge in [0, 0.05) is 17.3 Å². The largest absolute Gasteiger partial charge is 0.398 e. The summed E-state index contributed by atoms with van der Waals surface area (Å²) in [6.45, 7) is 1.23. The average Bonchev–Trinajstić information content (AvgIpc) is 2.57. The predicted molar refractivity (Wildman–Crippen MR) is 99.1 cm³/mol. The van der Waals surface area contributed by atoms with E-state index in [1.54, 1.807) is 6.20 Å². The van der Waals surface area contributed by atoms with Crippen molar-refractivity contribution in [3.63, 3.8) is 0 Å². The van der Waals surface area contributed by atoms with Gasteiger partial charge in [0.25, 0.3) is 0 Å². The number of carbonyl (C=O) groups excluding carboxylic acids is 1. The summed E-state index contributed by atoms with van der Waals surface area (Å²) in [7, 11) is 0. The molecule has 0 bridgehead atoms. The van der Waals surface area contributed by atoms with Gasteiger partial charge >= 0.3 is 88.1 Å². The Labute approximate surface area is 152 Å². The van der Waals surface area contributed by atoms with E-state index in [9.17, 15) is 13.6 Å².